The lowest BCUT2D eigenvalue weighted by Crippen LogP contribution is -2.40. The summed E-state index contributed by atoms with van der Waals surface area (Å²) in [6, 6.07) is 5.39. The zero-order valence-corrected chi connectivity index (χ0v) is 14.0. The van der Waals surface area contributed by atoms with E-state index in [9.17, 15) is 13.8 Å². The Bertz CT molecular complexity index is 775. The standard InChI is InChI=1S/C13H16N2O3S.C2H6/c1-9-4-5-10-11(8-9)14(2)13(17)15(12(10)16)6-7-19(3)18;1-2/h4-5,8H,6-7H2,1-3H3;1-2H3. The van der Waals surface area contributed by atoms with Crippen LogP contribution < -0.4 is 11.2 Å². The van der Waals surface area contributed by atoms with Crippen LogP contribution in [0.25, 0.3) is 10.9 Å². The molecule has 0 amide bonds. The highest BCUT2D eigenvalue weighted by atomic mass is 32.2. The number of aromatic nitrogens is 2. The average molecular weight is 310 g/mol. The third-order valence-corrected chi connectivity index (χ3v) is 3.87. The van der Waals surface area contributed by atoms with Gasteiger partial charge in [0.2, 0.25) is 0 Å². The fourth-order valence-electron chi connectivity index (χ4n) is 2.03. The molecule has 1 aromatic heterocycles. The van der Waals surface area contributed by atoms with Crippen LogP contribution in [-0.4, -0.2) is 25.4 Å². The van der Waals surface area contributed by atoms with Gasteiger partial charge in [0.1, 0.15) is 0 Å². The van der Waals surface area contributed by atoms with Crippen LogP contribution in [0.15, 0.2) is 27.8 Å². The van der Waals surface area contributed by atoms with Gasteiger partial charge in [0.15, 0.2) is 0 Å². The maximum atomic E-state index is 12.3. The summed E-state index contributed by atoms with van der Waals surface area (Å²) in [5.41, 5.74) is 0.940. The monoisotopic (exact) mass is 310 g/mol. The van der Waals surface area contributed by atoms with Crippen molar-refractivity contribution < 1.29 is 4.21 Å². The first kappa shape index (κ1) is 17.4. The zero-order chi connectivity index (χ0) is 16.2. The molecule has 116 valence electrons. The van der Waals surface area contributed by atoms with E-state index in [1.165, 1.54) is 4.57 Å². The molecule has 0 aliphatic heterocycles. The summed E-state index contributed by atoms with van der Waals surface area (Å²) in [4.78, 5) is 24.4. The molecule has 1 atom stereocenters. The van der Waals surface area contributed by atoms with Crippen LogP contribution in [0, 0.1) is 6.92 Å². The second kappa shape index (κ2) is 7.36. The van der Waals surface area contributed by atoms with E-state index >= 15 is 0 Å². The van der Waals surface area contributed by atoms with Crippen LogP contribution in [-0.2, 0) is 24.4 Å². The Morgan fingerprint density at radius 1 is 1.19 bits per heavy atom. The Kier molecular flexibility index (Phi) is 6.08. The van der Waals surface area contributed by atoms with Crippen molar-refractivity contribution in [1.29, 1.82) is 0 Å². The SMILES string of the molecule is CC.Cc1ccc2c(=O)n(CCS(C)=O)c(=O)n(C)c2c1. The van der Waals surface area contributed by atoms with E-state index in [1.54, 1.807) is 19.4 Å². The van der Waals surface area contributed by atoms with Crippen molar-refractivity contribution in [2.75, 3.05) is 12.0 Å². The van der Waals surface area contributed by atoms with Gasteiger partial charge in [0, 0.05) is 36.4 Å². The van der Waals surface area contributed by atoms with Crippen molar-refractivity contribution in [1.82, 2.24) is 9.13 Å². The van der Waals surface area contributed by atoms with E-state index in [4.69, 9.17) is 0 Å². The summed E-state index contributed by atoms with van der Waals surface area (Å²) in [7, 11) is 0.607. The molecule has 1 heterocycles. The number of nitrogens with zero attached hydrogens (tertiary/aromatic N) is 2. The average Bonchev–Trinajstić information content (AvgIpc) is 2.46. The fourth-order valence-corrected chi connectivity index (χ4v) is 2.47. The molecule has 0 radical (unpaired) electrons. The number of hydrogen-bond donors (Lipinski definition) is 0. The highest BCUT2D eigenvalue weighted by Crippen LogP contribution is 2.09. The summed E-state index contributed by atoms with van der Waals surface area (Å²) in [6.07, 6.45) is 1.56. The van der Waals surface area contributed by atoms with Crippen LogP contribution in [0.2, 0.25) is 0 Å². The molecule has 0 N–H and O–H groups in total. The first-order valence-corrected chi connectivity index (χ1v) is 8.64. The van der Waals surface area contributed by atoms with Crippen LogP contribution in [0.3, 0.4) is 0 Å². The number of fused-ring (bicyclic) bond motifs is 1. The Labute approximate surface area is 126 Å². The number of benzene rings is 1. The van der Waals surface area contributed by atoms with Gasteiger partial charge in [0.05, 0.1) is 10.9 Å². The zero-order valence-electron chi connectivity index (χ0n) is 13.2. The highest BCUT2D eigenvalue weighted by molar-refractivity contribution is 7.84. The molecule has 0 fully saturated rings. The van der Waals surface area contributed by atoms with Gasteiger partial charge < -0.3 is 0 Å². The van der Waals surface area contributed by atoms with E-state index in [1.807, 2.05) is 32.9 Å². The third kappa shape index (κ3) is 3.69. The Balaban J connectivity index is 0.00000106. The summed E-state index contributed by atoms with van der Waals surface area (Å²) in [5, 5.41) is 0.509. The quantitative estimate of drug-likeness (QED) is 0.861. The summed E-state index contributed by atoms with van der Waals surface area (Å²) in [5.74, 6) is 0.298. The van der Waals surface area contributed by atoms with Gasteiger partial charge in [-0.3, -0.25) is 18.1 Å². The van der Waals surface area contributed by atoms with E-state index < -0.39 is 10.8 Å². The minimum atomic E-state index is -1.03. The second-order valence-corrected chi connectivity index (χ2v) is 6.15. The lowest BCUT2D eigenvalue weighted by atomic mass is 10.2. The van der Waals surface area contributed by atoms with Gasteiger partial charge in [0.25, 0.3) is 5.56 Å². The predicted octanol–water partition coefficient (Wildman–Crippen LogP) is 1.41. The Morgan fingerprint density at radius 2 is 1.81 bits per heavy atom. The molecule has 0 spiro atoms. The third-order valence-electron chi connectivity index (χ3n) is 3.11. The normalized spacial score (nSPS) is 11.9. The largest absolute Gasteiger partial charge is 0.331 e. The van der Waals surface area contributed by atoms with Gasteiger partial charge in [-0.1, -0.05) is 19.9 Å². The summed E-state index contributed by atoms with van der Waals surface area (Å²) < 4.78 is 13.7. The van der Waals surface area contributed by atoms with Gasteiger partial charge in [-0.05, 0) is 24.6 Å². The number of hydrogen-bond acceptors (Lipinski definition) is 3. The van der Waals surface area contributed by atoms with Crippen molar-refractivity contribution >= 4 is 21.7 Å². The van der Waals surface area contributed by atoms with Crippen molar-refractivity contribution in [3.8, 4) is 0 Å². The predicted molar refractivity (Wildman–Crippen MR) is 88.5 cm³/mol. The van der Waals surface area contributed by atoms with Crippen LogP contribution >= 0.6 is 0 Å². The Hall–Kier alpha value is -1.69. The highest BCUT2D eigenvalue weighted by Gasteiger charge is 2.11. The van der Waals surface area contributed by atoms with Crippen LogP contribution in [0.5, 0.6) is 0 Å². The molecule has 0 aliphatic rings. The lowest BCUT2D eigenvalue weighted by molar-refractivity contribution is 0.633. The minimum Gasteiger partial charge on any atom is -0.296 e. The van der Waals surface area contributed by atoms with Gasteiger partial charge >= 0.3 is 5.69 Å². The number of rotatable bonds is 3. The molecule has 21 heavy (non-hydrogen) atoms. The van der Waals surface area contributed by atoms with Gasteiger partial charge in [-0.25, -0.2) is 4.79 Å². The molecule has 0 saturated heterocycles. The van der Waals surface area contributed by atoms with Crippen molar-refractivity contribution in [3.63, 3.8) is 0 Å². The molecule has 6 heteroatoms. The maximum absolute atomic E-state index is 12.3. The molecule has 5 nitrogen and oxygen atoms in total. The van der Waals surface area contributed by atoms with Crippen molar-refractivity contribution in [2.24, 2.45) is 7.05 Å². The van der Waals surface area contributed by atoms with Crippen molar-refractivity contribution in [2.45, 2.75) is 27.3 Å². The first-order valence-electron chi connectivity index (χ1n) is 6.92. The summed E-state index contributed by atoms with van der Waals surface area (Å²) >= 11 is 0. The molecular weight excluding hydrogens is 288 g/mol. The molecule has 2 aromatic rings. The second-order valence-electron chi connectivity index (χ2n) is 4.60. The van der Waals surface area contributed by atoms with Gasteiger partial charge in [-0.2, -0.15) is 0 Å². The van der Waals surface area contributed by atoms with Crippen molar-refractivity contribution in [3.05, 3.63) is 44.6 Å². The first-order chi connectivity index (χ1) is 9.91. The smallest absolute Gasteiger partial charge is 0.296 e. The Morgan fingerprint density at radius 3 is 2.38 bits per heavy atom. The van der Waals surface area contributed by atoms with Gasteiger partial charge in [-0.15, -0.1) is 0 Å². The molecule has 1 unspecified atom stereocenters. The van der Waals surface area contributed by atoms with E-state index in [0.29, 0.717) is 16.7 Å². The topological polar surface area (TPSA) is 61.1 Å². The molecule has 0 aliphatic carbocycles. The van der Waals surface area contributed by atoms with Crippen LogP contribution in [0.1, 0.15) is 19.4 Å². The maximum Gasteiger partial charge on any atom is 0.331 e. The molecule has 0 bridgehead atoms. The van der Waals surface area contributed by atoms with E-state index in [2.05, 4.69) is 0 Å². The molecular formula is C15H22N2O3S. The summed E-state index contributed by atoms with van der Waals surface area (Å²) in [6.45, 7) is 6.09. The van der Waals surface area contributed by atoms with E-state index in [0.717, 1.165) is 10.1 Å². The lowest BCUT2D eigenvalue weighted by Gasteiger charge is -2.10. The molecule has 2 rings (SSSR count). The minimum absolute atomic E-state index is 0.179. The van der Waals surface area contributed by atoms with E-state index in [-0.39, 0.29) is 17.8 Å². The fraction of sp³-hybridized carbons (Fsp3) is 0.467. The molecule has 1 aromatic carbocycles. The molecule has 0 saturated carbocycles. The van der Waals surface area contributed by atoms with Crippen LogP contribution in [0.4, 0.5) is 0 Å². The number of aryl methyl sites for hydroxylation is 2.